The van der Waals surface area contributed by atoms with Crippen LogP contribution in [0.1, 0.15) is 60.8 Å². The molecule has 0 bridgehead atoms. The van der Waals surface area contributed by atoms with Crippen molar-refractivity contribution in [1.82, 2.24) is 0 Å². The monoisotopic (exact) mass is 320 g/mol. The fourth-order valence-electron chi connectivity index (χ4n) is 3.08. The number of carbonyl (C=O) groups excluding carboxylic acids is 1. The molecule has 3 nitrogen and oxygen atoms in total. The third-order valence-electron chi connectivity index (χ3n) is 4.62. The van der Waals surface area contributed by atoms with Gasteiger partial charge in [-0.05, 0) is 46.5 Å². The van der Waals surface area contributed by atoms with Crippen LogP contribution in [0.5, 0.6) is 0 Å². The predicted molar refractivity (Wildman–Crippen MR) is 95.0 cm³/mol. The molecule has 0 amide bonds. The van der Waals surface area contributed by atoms with Gasteiger partial charge in [0, 0.05) is 17.9 Å². The van der Waals surface area contributed by atoms with Crippen LogP contribution in [0.2, 0.25) is 0 Å². The number of aliphatic hydroxyl groups is 1. The Bertz CT molecular complexity index is 497. The molecule has 0 spiro atoms. The van der Waals surface area contributed by atoms with Crippen molar-refractivity contribution < 1.29 is 14.6 Å². The summed E-state index contributed by atoms with van der Waals surface area (Å²) >= 11 is 0. The number of carbonyl (C=O) groups is 1. The van der Waals surface area contributed by atoms with Crippen molar-refractivity contribution in [3.63, 3.8) is 0 Å². The Morgan fingerprint density at radius 1 is 1.35 bits per heavy atom. The molecule has 130 valence electrons. The van der Waals surface area contributed by atoms with E-state index < -0.39 is 6.10 Å². The van der Waals surface area contributed by atoms with Gasteiger partial charge in [-0.25, -0.2) is 4.79 Å². The molecular weight excluding hydrogens is 288 g/mol. The quantitative estimate of drug-likeness (QED) is 0.470. The van der Waals surface area contributed by atoms with E-state index in [9.17, 15) is 9.90 Å². The molecule has 1 aliphatic carbocycles. The largest absolute Gasteiger partial charge is 0.458 e. The molecule has 3 heteroatoms. The number of ether oxygens (including phenoxy) is 1. The number of hydrogen-bond donors (Lipinski definition) is 1. The minimum absolute atomic E-state index is 0.111. The Morgan fingerprint density at radius 2 is 2.00 bits per heavy atom. The molecule has 0 heterocycles. The summed E-state index contributed by atoms with van der Waals surface area (Å²) in [5.41, 5.74) is 3.00. The van der Waals surface area contributed by atoms with Crippen molar-refractivity contribution in [3.8, 4) is 0 Å². The van der Waals surface area contributed by atoms with Gasteiger partial charge in [0.2, 0.25) is 0 Å². The second-order valence-corrected chi connectivity index (χ2v) is 7.03. The molecular formula is C20H32O3. The van der Waals surface area contributed by atoms with Crippen molar-refractivity contribution in [2.24, 2.45) is 11.8 Å². The van der Waals surface area contributed by atoms with E-state index in [-0.39, 0.29) is 23.9 Å². The van der Waals surface area contributed by atoms with Gasteiger partial charge in [0.1, 0.15) is 6.10 Å². The third kappa shape index (κ3) is 5.98. The van der Waals surface area contributed by atoms with Crippen molar-refractivity contribution in [1.29, 1.82) is 0 Å². The summed E-state index contributed by atoms with van der Waals surface area (Å²) in [6, 6.07) is 0. The second-order valence-electron chi connectivity index (χ2n) is 7.03. The molecule has 0 radical (unpaired) electrons. The van der Waals surface area contributed by atoms with Gasteiger partial charge in [-0.15, -0.1) is 0 Å². The maximum absolute atomic E-state index is 12.2. The van der Waals surface area contributed by atoms with Crippen LogP contribution in [-0.4, -0.2) is 23.3 Å². The molecule has 0 aromatic heterocycles. The van der Waals surface area contributed by atoms with E-state index in [1.807, 2.05) is 13.0 Å². The normalized spacial score (nSPS) is 31.8. The van der Waals surface area contributed by atoms with Gasteiger partial charge < -0.3 is 9.84 Å². The maximum Gasteiger partial charge on any atom is 0.333 e. The first-order valence-electron chi connectivity index (χ1n) is 8.61. The lowest BCUT2D eigenvalue weighted by molar-refractivity contribution is -0.150. The Labute approximate surface area is 141 Å². The van der Waals surface area contributed by atoms with Gasteiger partial charge in [0.15, 0.2) is 0 Å². The number of aliphatic hydroxyl groups excluding tert-OH is 1. The average molecular weight is 320 g/mol. The Hall–Kier alpha value is -1.35. The van der Waals surface area contributed by atoms with Crippen molar-refractivity contribution in [2.75, 3.05) is 0 Å². The highest BCUT2D eigenvalue weighted by Gasteiger charge is 2.33. The first kappa shape index (κ1) is 19.7. The molecule has 23 heavy (non-hydrogen) atoms. The molecule has 0 saturated heterocycles. The lowest BCUT2D eigenvalue weighted by Crippen LogP contribution is -2.38. The Kier molecular flexibility index (Phi) is 7.77. The molecule has 1 rings (SSSR count). The van der Waals surface area contributed by atoms with Gasteiger partial charge >= 0.3 is 5.97 Å². The molecule has 0 saturated carbocycles. The fourth-order valence-corrected chi connectivity index (χ4v) is 3.08. The van der Waals surface area contributed by atoms with E-state index in [1.165, 1.54) is 11.1 Å². The van der Waals surface area contributed by atoms with E-state index >= 15 is 0 Å². The number of rotatable bonds is 3. The fraction of sp³-hybridized carbons (Fsp3) is 0.650. The molecule has 0 unspecified atom stereocenters. The van der Waals surface area contributed by atoms with Crippen molar-refractivity contribution >= 4 is 5.97 Å². The summed E-state index contributed by atoms with van der Waals surface area (Å²) in [5, 5.41) is 10.7. The molecule has 1 aliphatic rings. The van der Waals surface area contributed by atoms with Crippen LogP contribution < -0.4 is 0 Å². The zero-order valence-electron chi connectivity index (χ0n) is 15.4. The lowest BCUT2D eigenvalue weighted by atomic mass is 9.81. The summed E-state index contributed by atoms with van der Waals surface area (Å²) in [4.78, 5) is 12.2. The van der Waals surface area contributed by atoms with Crippen LogP contribution in [0.25, 0.3) is 0 Å². The molecule has 0 fully saturated rings. The first-order chi connectivity index (χ1) is 10.8. The van der Waals surface area contributed by atoms with E-state index in [2.05, 4.69) is 33.8 Å². The number of allylic oxidation sites excluding steroid dienone is 3. The lowest BCUT2D eigenvalue weighted by Gasteiger charge is -2.33. The van der Waals surface area contributed by atoms with Gasteiger partial charge in [-0.3, -0.25) is 0 Å². The highest BCUT2D eigenvalue weighted by Crippen LogP contribution is 2.30. The first-order valence-corrected chi connectivity index (χ1v) is 8.61. The summed E-state index contributed by atoms with van der Waals surface area (Å²) in [6.07, 6.45) is 7.60. The zero-order valence-corrected chi connectivity index (χ0v) is 15.4. The highest BCUT2D eigenvalue weighted by molar-refractivity contribution is 5.87. The minimum Gasteiger partial charge on any atom is -0.458 e. The van der Waals surface area contributed by atoms with Crippen LogP contribution in [0.3, 0.4) is 0 Å². The zero-order chi connectivity index (χ0) is 17.6. The number of esters is 1. The third-order valence-corrected chi connectivity index (χ3v) is 4.62. The Balaban J connectivity index is 3.15. The van der Waals surface area contributed by atoms with Crippen LogP contribution >= 0.6 is 0 Å². The Morgan fingerprint density at radius 3 is 2.57 bits per heavy atom. The SMILES string of the molecule is C/C=C(/C)C(=O)O[C@H]1C/C(C)=C/CC/C(C)=C/[C@H](O)[C@@H]1C(C)C. The van der Waals surface area contributed by atoms with Crippen LogP contribution in [0.4, 0.5) is 0 Å². The summed E-state index contributed by atoms with van der Waals surface area (Å²) in [7, 11) is 0. The van der Waals surface area contributed by atoms with Crippen LogP contribution in [0, 0.1) is 11.8 Å². The summed E-state index contributed by atoms with van der Waals surface area (Å²) in [6.45, 7) is 11.9. The topological polar surface area (TPSA) is 46.5 Å². The summed E-state index contributed by atoms with van der Waals surface area (Å²) in [5.74, 6) is -0.189. The number of hydrogen-bond acceptors (Lipinski definition) is 3. The van der Waals surface area contributed by atoms with Gasteiger partial charge in [0.25, 0.3) is 0 Å². The van der Waals surface area contributed by atoms with Gasteiger partial charge in [0.05, 0.1) is 6.10 Å². The van der Waals surface area contributed by atoms with E-state index in [1.54, 1.807) is 13.0 Å². The summed E-state index contributed by atoms with van der Waals surface area (Å²) < 4.78 is 5.79. The molecule has 0 aromatic rings. The standard InChI is InChI=1S/C20H32O3/c1-7-16(6)20(22)23-18-12-15(5)10-8-9-14(4)11-17(21)19(18)13(2)3/h7,10-11,13,17-19,21H,8-9,12H2,1-6H3/b14-11+,15-10+,16-7-/t17-,18-,19-/m0/s1. The second kappa shape index (κ2) is 9.07. The van der Waals surface area contributed by atoms with E-state index in [0.29, 0.717) is 12.0 Å². The smallest absolute Gasteiger partial charge is 0.333 e. The van der Waals surface area contributed by atoms with E-state index in [0.717, 1.165) is 12.8 Å². The molecule has 0 aromatic carbocycles. The van der Waals surface area contributed by atoms with Crippen LogP contribution in [-0.2, 0) is 9.53 Å². The molecule has 1 N–H and O–H groups in total. The maximum atomic E-state index is 12.2. The van der Waals surface area contributed by atoms with Crippen molar-refractivity contribution in [2.45, 2.75) is 73.0 Å². The minimum atomic E-state index is -0.593. The predicted octanol–water partition coefficient (Wildman–Crippen LogP) is 4.57. The van der Waals surface area contributed by atoms with E-state index in [4.69, 9.17) is 4.74 Å². The highest BCUT2D eigenvalue weighted by atomic mass is 16.5. The van der Waals surface area contributed by atoms with Crippen molar-refractivity contribution in [3.05, 3.63) is 34.9 Å². The molecule has 0 aliphatic heterocycles. The molecule has 3 atom stereocenters. The van der Waals surface area contributed by atoms with Gasteiger partial charge in [-0.1, -0.05) is 43.2 Å². The van der Waals surface area contributed by atoms with Gasteiger partial charge in [-0.2, -0.15) is 0 Å². The van der Waals surface area contributed by atoms with Crippen LogP contribution in [0.15, 0.2) is 34.9 Å². The average Bonchev–Trinajstić information content (AvgIpc) is 2.44.